The molecule has 1 aromatic carbocycles. The van der Waals surface area contributed by atoms with Crippen molar-refractivity contribution in [1.82, 2.24) is 5.32 Å². The number of alkyl carbamates (subject to hydrolysis) is 1. The Morgan fingerprint density at radius 2 is 1.37 bits per heavy atom. The molecule has 35 heavy (non-hydrogen) atoms. The minimum absolute atomic E-state index is 0.349. The van der Waals surface area contributed by atoms with Gasteiger partial charge in [-0.1, -0.05) is 19.3 Å². The highest BCUT2D eigenvalue weighted by molar-refractivity contribution is 5.88. The van der Waals surface area contributed by atoms with Crippen molar-refractivity contribution in [1.29, 1.82) is 0 Å². The molecule has 0 unspecified atom stereocenters. The molecule has 0 atom stereocenters. The van der Waals surface area contributed by atoms with Gasteiger partial charge in [-0.3, -0.25) is 0 Å². The monoisotopic (exact) mass is 481 g/mol. The lowest BCUT2D eigenvalue weighted by molar-refractivity contribution is 0.0526. The fourth-order valence-electron chi connectivity index (χ4n) is 4.07. The third-order valence-corrected chi connectivity index (χ3v) is 5.74. The molecule has 5 heteroatoms. The van der Waals surface area contributed by atoms with Crippen LogP contribution in [0.25, 0.3) is 0 Å². The molecule has 0 heterocycles. The van der Waals surface area contributed by atoms with E-state index in [4.69, 9.17) is 17.6 Å². The summed E-state index contributed by atoms with van der Waals surface area (Å²) < 4.78 is 5.32. The van der Waals surface area contributed by atoms with Gasteiger partial charge in [-0.05, 0) is 101 Å². The molecule has 0 radical (unpaired) electrons. The molecule has 0 fully saturated rings. The first-order chi connectivity index (χ1) is 16.7. The van der Waals surface area contributed by atoms with Crippen molar-refractivity contribution in [2.45, 2.75) is 110 Å². The zero-order valence-corrected chi connectivity index (χ0v) is 21.9. The number of carboxylic acid groups (broad SMARTS) is 1. The van der Waals surface area contributed by atoms with Crippen LogP contribution >= 0.6 is 0 Å². The second-order valence-corrected chi connectivity index (χ2v) is 9.99. The van der Waals surface area contributed by atoms with Crippen molar-refractivity contribution in [2.24, 2.45) is 0 Å². The molecule has 1 amide bonds. The molecule has 1 rings (SSSR count). The summed E-state index contributed by atoms with van der Waals surface area (Å²) in [5.74, 6) is 4.46. The highest BCUT2D eigenvalue weighted by atomic mass is 16.6. The van der Waals surface area contributed by atoms with Crippen LogP contribution in [0.4, 0.5) is 4.79 Å². The van der Waals surface area contributed by atoms with E-state index in [1.54, 1.807) is 0 Å². The van der Waals surface area contributed by atoms with E-state index in [1.165, 1.54) is 5.56 Å². The summed E-state index contributed by atoms with van der Waals surface area (Å²) in [7, 11) is 0. The van der Waals surface area contributed by atoms with Gasteiger partial charge >= 0.3 is 12.1 Å². The summed E-state index contributed by atoms with van der Waals surface area (Å²) in [5.41, 5.74) is 3.25. The largest absolute Gasteiger partial charge is 0.478 e. The lowest BCUT2D eigenvalue weighted by Gasteiger charge is -2.20. The van der Waals surface area contributed by atoms with Gasteiger partial charge in [-0.25, -0.2) is 9.59 Å². The highest BCUT2D eigenvalue weighted by Gasteiger charge is 2.17. The Hall–Kier alpha value is -2.92. The van der Waals surface area contributed by atoms with Gasteiger partial charge in [0.15, 0.2) is 0 Å². The van der Waals surface area contributed by atoms with Crippen LogP contribution in [0.5, 0.6) is 0 Å². The number of carbonyl (C=O) groups excluding carboxylic acids is 1. The van der Waals surface area contributed by atoms with Crippen LogP contribution in [0.15, 0.2) is 12.1 Å². The van der Waals surface area contributed by atoms with Crippen molar-refractivity contribution in [2.75, 3.05) is 6.54 Å². The van der Waals surface area contributed by atoms with E-state index < -0.39 is 17.7 Å². The first-order valence-electron chi connectivity index (χ1n) is 12.9. The van der Waals surface area contributed by atoms with Crippen LogP contribution in [-0.2, 0) is 24.0 Å². The summed E-state index contributed by atoms with van der Waals surface area (Å²) in [6.07, 6.45) is 22.2. The van der Waals surface area contributed by atoms with Crippen LogP contribution in [0.1, 0.15) is 112 Å². The maximum atomic E-state index is 12.0. The number of hydrogen-bond donors (Lipinski definition) is 2. The van der Waals surface area contributed by atoms with E-state index in [1.807, 2.05) is 32.9 Å². The predicted octanol–water partition coefficient (Wildman–Crippen LogP) is 6.70. The number of amides is 1. The second kappa shape index (κ2) is 16.7. The number of carboxylic acids is 1. The number of aryl methyl sites for hydroxylation is 2. The smallest absolute Gasteiger partial charge is 0.407 e. The number of rotatable bonds is 16. The first kappa shape index (κ1) is 30.1. The van der Waals surface area contributed by atoms with Gasteiger partial charge in [0.2, 0.25) is 0 Å². The number of nitrogens with one attached hydrogen (secondary N) is 1. The fraction of sp³-hybridized carbons (Fsp3) is 0.600. The number of carbonyl (C=O) groups is 2. The van der Waals surface area contributed by atoms with Gasteiger partial charge in [0.05, 0.1) is 5.56 Å². The molecule has 0 saturated heterocycles. The van der Waals surface area contributed by atoms with Crippen molar-refractivity contribution in [3.8, 4) is 24.7 Å². The summed E-state index contributed by atoms with van der Waals surface area (Å²) in [4.78, 5) is 23.8. The van der Waals surface area contributed by atoms with E-state index in [2.05, 4.69) is 17.2 Å². The van der Waals surface area contributed by atoms with E-state index in [9.17, 15) is 14.7 Å². The maximum Gasteiger partial charge on any atom is 0.407 e. The summed E-state index contributed by atoms with van der Waals surface area (Å²) in [5, 5.41) is 12.5. The average Bonchev–Trinajstić information content (AvgIpc) is 2.78. The standard InChI is InChI=1S/C30H43NO4/c1-6-8-10-12-14-16-19-25-23-26(28(32)33)22-24(18-15-13-11-9-7-2)27(25)20-17-21-31-29(34)35-30(3,4)5/h1-2,22-23H,8-21H2,3-5H3,(H,31,34)(H,32,33). The first-order valence-corrected chi connectivity index (χ1v) is 12.9. The summed E-state index contributed by atoms with van der Waals surface area (Å²) >= 11 is 0. The Morgan fingerprint density at radius 3 is 1.86 bits per heavy atom. The average molecular weight is 482 g/mol. The van der Waals surface area contributed by atoms with Crippen LogP contribution in [0, 0.1) is 24.7 Å². The number of hydrogen-bond acceptors (Lipinski definition) is 3. The van der Waals surface area contributed by atoms with Crippen LogP contribution in [0.2, 0.25) is 0 Å². The SMILES string of the molecule is C#CCCCCCCc1cc(C(=O)O)cc(CCCCCC#C)c1CCCNC(=O)OC(C)(C)C. The van der Waals surface area contributed by atoms with Crippen molar-refractivity contribution in [3.63, 3.8) is 0 Å². The summed E-state index contributed by atoms with van der Waals surface area (Å²) in [6, 6.07) is 3.67. The number of benzene rings is 1. The Morgan fingerprint density at radius 1 is 0.857 bits per heavy atom. The molecule has 0 spiro atoms. The number of terminal acetylenes is 2. The molecule has 2 N–H and O–H groups in total. The lowest BCUT2D eigenvalue weighted by atomic mass is 9.88. The van der Waals surface area contributed by atoms with Gasteiger partial charge in [0.1, 0.15) is 5.60 Å². The van der Waals surface area contributed by atoms with E-state index in [0.29, 0.717) is 12.1 Å². The maximum absolute atomic E-state index is 12.0. The number of unbranched alkanes of at least 4 members (excludes halogenated alkanes) is 7. The molecule has 0 aromatic heterocycles. The van der Waals surface area contributed by atoms with E-state index in [0.717, 1.165) is 94.6 Å². The molecule has 0 saturated carbocycles. The fourth-order valence-corrected chi connectivity index (χ4v) is 4.07. The Balaban J connectivity index is 2.94. The van der Waals surface area contributed by atoms with Crippen LogP contribution in [-0.4, -0.2) is 29.3 Å². The minimum Gasteiger partial charge on any atom is -0.478 e. The normalized spacial score (nSPS) is 10.9. The molecule has 1 aromatic rings. The van der Waals surface area contributed by atoms with Crippen LogP contribution < -0.4 is 5.32 Å². The molecule has 192 valence electrons. The van der Waals surface area contributed by atoms with Gasteiger partial charge in [-0.15, -0.1) is 24.7 Å². The Bertz CT molecular complexity index is 883. The van der Waals surface area contributed by atoms with Gasteiger partial charge in [0, 0.05) is 19.4 Å². The van der Waals surface area contributed by atoms with Crippen molar-refractivity contribution < 1.29 is 19.4 Å². The van der Waals surface area contributed by atoms with E-state index in [-0.39, 0.29) is 0 Å². The summed E-state index contributed by atoms with van der Waals surface area (Å²) in [6.45, 7) is 6.02. The zero-order valence-electron chi connectivity index (χ0n) is 21.9. The van der Waals surface area contributed by atoms with E-state index >= 15 is 0 Å². The molecular formula is C30H43NO4. The van der Waals surface area contributed by atoms with Gasteiger partial charge in [-0.2, -0.15) is 0 Å². The minimum atomic E-state index is -0.896. The second-order valence-electron chi connectivity index (χ2n) is 9.99. The van der Waals surface area contributed by atoms with Crippen molar-refractivity contribution in [3.05, 3.63) is 34.4 Å². The number of aromatic carboxylic acids is 1. The van der Waals surface area contributed by atoms with Gasteiger partial charge < -0.3 is 15.2 Å². The Labute approximate surface area is 212 Å². The molecule has 0 aliphatic rings. The Kier molecular flexibility index (Phi) is 14.3. The molecule has 0 bridgehead atoms. The van der Waals surface area contributed by atoms with Crippen molar-refractivity contribution >= 4 is 12.1 Å². The third kappa shape index (κ3) is 13.5. The van der Waals surface area contributed by atoms with Gasteiger partial charge in [0.25, 0.3) is 0 Å². The third-order valence-electron chi connectivity index (χ3n) is 5.74. The molecule has 0 aliphatic heterocycles. The quantitative estimate of drug-likeness (QED) is 0.203. The topological polar surface area (TPSA) is 75.6 Å². The number of ether oxygens (including phenoxy) is 1. The molecular weight excluding hydrogens is 438 g/mol. The highest BCUT2D eigenvalue weighted by Crippen LogP contribution is 2.24. The molecule has 0 aliphatic carbocycles. The van der Waals surface area contributed by atoms with Crippen LogP contribution in [0.3, 0.4) is 0 Å². The zero-order chi connectivity index (χ0) is 26.1. The molecule has 5 nitrogen and oxygen atoms in total. The lowest BCUT2D eigenvalue weighted by Crippen LogP contribution is -2.33. The predicted molar refractivity (Wildman–Crippen MR) is 143 cm³/mol.